The van der Waals surface area contributed by atoms with E-state index in [1.807, 2.05) is 0 Å². The molecular formula is C9H14O5. The minimum absolute atomic E-state index is 0.315. The second-order valence-corrected chi connectivity index (χ2v) is 3.91. The van der Waals surface area contributed by atoms with Gasteiger partial charge >= 0.3 is 0 Å². The van der Waals surface area contributed by atoms with Crippen LogP contribution in [-0.4, -0.2) is 43.8 Å². The van der Waals surface area contributed by atoms with Crippen LogP contribution in [0.2, 0.25) is 0 Å². The molecule has 0 aliphatic carbocycles. The van der Waals surface area contributed by atoms with Gasteiger partial charge in [-0.05, 0) is 13.8 Å². The van der Waals surface area contributed by atoms with E-state index in [1.54, 1.807) is 13.8 Å². The Labute approximate surface area is 82.3 Å². The number of methoxy groups -OCH3 is 1. The highest BCUT2D eigenvalue weighted by atomic mass is 16.8. The summed E-state index contributed by atoms with van der Waals surface area (Å²) in [5.74, 6) is -0.667. The minimum Gasteiger partial charge on any atom is -0.375 e. The number of aldehydes is 1. The van der Waals surface area contributed by atoms with Crippen LogP contribution < -0.4 is 0 Å². The SMILES string of the molecule is CO[C@@H]1[C@H]2OC(C)(C)O[C@H]2O[C@H]1C=O. The van der Waals surface area contributed by atoms with Crippen LogP contribution in [0, 0.1) is 0 Å². The molecule has 0 amide bonds. The van der Waals surface area contributed by atoms with Crippen LogP contribution in [0.4, 0.5) is 0 Å². The van der Waals surface area contributed by atoms with Crippen molar-refractivity contribution in [1.29, 1.82) is 0 Å². The molecule has 0 N–H and O–H groups in total. The molecule has 0 aromatic rings. The van der Waals surface area contributed by atoms with Crippen LogP contribution in [0.25, 0.3) is 0 Å². The molecule has 0 radical (unpaired) electrons. The first-order valence-corrected chi connectivity index (χ1v) is 4.56. The van der Waals surface area contributed by atoms with Crippen molar-refractivity contribution in [3.8, 4) is 0 Å². The molecule has 0 spiro atoms. The summed E-state index contributed by atoms with van der Waals surface area (Å²) in [7, 11) is 1.53. The standard InChI is InChI=1S/C9H14O5/c1-9(2)13-7-6(11-3)5(4-10)12-8(7)14-9/h4-8H,1-3H3/t5-,6-,7+,8+/m0/s1. The minimum atomic E-state index is -0.667. The van der Waals surface area contributed by atoms with E-state index in [0.29, 0.717) is 6.29 Å². The number of hydrogen-bond acceptors (Lipinski definition) is 5. The van der Waals surface area contributed by atoms with Gasteiger partial charge in [0.1, 0.15) is 18.3 Å². The normalized spacial score (nSPS) is 45.1. The zero-order chi connectivity index (χ0) is 10.3. The van der Waals surface area contributed by atoms with Crippen LogP contribution in [0.15, 0.2) is 0 Å². The molecule has 2 saturated heterocycles. The number of ether oxygens (including phenoxy) is 4. The summed E-state index contributed by atoms with van der Waals surface area (Å²) in [5, 5.41) is 0. The summed E-state index contributed by atoms with van der Waals surface area (Å²) in [6.07, 6.45) is -1.06. The molecular weight excluding hydrogens is 188 g/mol. The molecule has 5 heteroatoms. The van der Waals surface area contributed by atoms with E-state index in [4.69, 9.17) is 18.9 Å². The lowest BCUT2D eigenvalue weighted by molar-refractivity contribution is -0.213. The average molecular weight is 202 g/mol. The van der Waals surface area contributed by atoms with Crippen LogP contribution in [0.3, 0.4) is 0 Å². The van der Waals surface area contributed by atoms with Gasteiger partial charge in [-0.25, -0.2) is 0 Å². The lowest BCUT2D eigenvalue weighted by Crippen LogP contribution is -2.36. The highest BCUT2D eigenvalue weighted by Crippen LogP contribution is 2.37. The van der Waals surface area contributed by atoms with E-state index in [9.17, 15) is 4.79 Å². The van der Waals surface area contributed by atoms with Gasteiger partial charge in [-0.15, -0.1) is 0 Å². The maximum absolute atomic E-state index is 10.7. The zero-order valence-corrected chi connectivity index (χ0v) is 8.43. The highest BCUT2D eigenvalue weighted by Gasteiger charge is 2.55. The van der Waals surface area contributed by atoms with Crippen molar-refractivity contribution in [2.75, 3.05) is 7.11 Å². The first kappa shape index (κ1) is 10.0. The van der Waals surface area contributed by atoms with E-state index in [1.165, 1.54) is 7.11 Å². The van der Waals surface area contributed by atoms with Gasteiger partial charge in [-0.2, -0.15) is 0 Å². The number of hydrogen-bond donors (Lipinski definition) is 0. The summed E-state index contributed by atoms with van der Waals surface area (Å²) in [6.45, 7) is 3.61. The van der Waals surface area contributed by atoms with Crippen LogP contribution in [0.5, 0.6) is 0 Å². The van der Waals surface area contributed by atoms with Crippen molar-refractivity contribution in [3.63, 3.8) is 0 Å². The van der Waals surface area contributed by atoms with Gasteiger partial charge in [-0.3, -0.25) is 0 Å². The smallest absolute Gasteiger partial charge is 0.190 e. The zero-order valence-electron chi connectivity index (χ0n) is 8.43. The second kappa shape index (κ2) is 3.27. The molecule has 2 aliphatic heterocycles. The molecule has 0 unspecified atom stereocenters. The maximum Gasteiger partial charge on any atom is 0.190 e. The Bertz CT molecular complexity index is 239. The Balaban J connectivity index is 2.13. The van der Waals surface area contributed by atoms with E-state index >= 15 is 0 Å². The third-order valence-corrected chi connectivity index (χ3v) is 2.43. The van der Waals surface area contributed by atoms with Gasteiger partial charge in [0.25, 0.3) is 0 Å². The first-order valence-electron chi connectivity index (χ1n) is 4.56. The molecule has 0 aromatic heterocycles. The number of rotatable bonds is 2. The third kappa shape index (κ3) is 1.46. The van der Waals surface area contributed by atoms with Crippen molar-refractivity contribution >= 4 is 6.29 Å². The number of carbonyl (C=O) groups excluding carboxylic acids is 1. The van der Waals surface area contributed by atoms with E-state index in [2.05, 4.69) is 0 Å². The lowest BCUT2D eigenvalue weighted by atomic mass is 10.1. The van der Waals surface area contributed by atoms with Gasteiger partial charge in [-0.1, -0.05) is 0 Å². The number of fused-ring (bicyclic) bond motifs is 1. The Kier molecular flexibility index (Phi) is 2.35. The summed E-state index contributed by atoms with van der Waals surface area (Å²) in [6, 6.07) is 0. The summed E-state index contributed by atoms with van der Waals surface area (Å²) in [4.78, 5) is 10.7. The Morgan fingerprint density at radius 3 is 2.64 bits per heavy atom. The molecule has 14 heavy (non-hydrogen) atoms. The topological polar surface area (TPSA) is 54.0 Å². The van der Waals surface area contributed by atoms with Gasteiger partial charge in [0, 0.05) is 7.11 Å². The fraction of sp³-hybridized carbons (Fsp3) is 0.889. The quantitative estimate of drug-likeness (QED) is 0.593. The predicted molar refractivity (Wildman–Crippen MR) is 45.6 cm³/mol. The monoisotopic (exact) mass is 202 g/mol. The molecule has 2 aliphatic rings. The summed E-state index contributed by atoms with van der Waals surface area (Å²) < 4.78 is 21.5. The molecule has 5 nitrogen and oxygen atoms in total. The van der Waals surface area contributed by atoms with E-state index < -0.39 is 18.2 Å². The van der Waals surface area contributed by atoms with E-state index in [-0.39, 0.29) is 12.2 Å². The Morgan fingerprint density at radius 2 is 2.07 bits per heavy atom. The Morgan fingerprint density at radius 1 is 1.36 bits per heavy atom. The summed E-state index contributed by atoms with van der Waals surface area (Å²) >= 11 is 0. The predicted octanol–water partition coefficient (Wildman–Crippen LogP) is 0.0767. The van der Waals surface area contributed by atoms with Gasteiger partial charge in [0.15, 0.2) is 18.4 Å². The average Bonchev–Trinajstić information content (AvgIpc) is 2.55. The molecule has 4 atom stereocenters. The largest absolute Gasteiger partial charge is 0.375 e. The lowest BCUT2D eigenvalue weighted by Gasteiger charge is -2.22. The van der Waals surface area contributed by atoms with Gasteiger partial charge < -0.3 is 23.7 Å². The fourth-order valence-corrected chi connectivity index (χ4v) is 1.88. The molecule has 2 fully saturated rings. The van der Waals surface area contributed by atoms with Crippen LogP contribution in [-0.2, 0) is 23.7 Å². The Hall–Kier alpha value is -0.490. The van der Waals surface area contributed by atoms with Crippen molar-refractivity contribution in [1.82, 2.24) is 0 Å². The molecule has 2 rings (SSSR count). The van der Waals surface area contributed by atoms with Crippen molar-refractivity contribution in [2.45, 2.75) is 44.2 Å². The second-order valence-electron chi connectivity index (χ2n) is 3.91. The molecule has 2 heterocycles. The third-order valence-electron chi connectivity index (χ3n) is 2.43. The number of carbonyl (C=O) groups is 1. The molecule has 0 bridgehead atoms. The maximum atomic E-state index is 10.7. The summed E-state index contributed by atoms with van der Waals surface area (Å²) in [5.41, 5.74) is 0. The molecule has 0 saturated carbocycles. The van der Waals surface area contributed by atoms with Crippen LogP contribution >= 0.6 is 0 Å². The highest BCUT2D eigenvalue weighted by molar-refractivity contribution is 5.58. The molecule has 0 aromatic carbocycles. The van der Waals surface area contributed by atoms with Gasteiger partial charge in [0.05, 0.1) is 0 Å². The van der Waals surface area contributed by atoms with Crippen molar-refractivity contribution < 1.29 is 23.7 Å². The van der Waals surface area contributed by atoms with Crippen molar-refractivity contribution in [2.24, 2.45) is 0 Å². The first-order chi connectivity index (χ1) is 6.57. The van der Waals surface area contributed by atoms with E-state index in [0.717, 1.165) is 0 Å². The van der Waals surface area contributed by atoms with Crippen LogP contribution in [0.1, 0.15) is 13.8 Å². The van der Waals surface area contributed by atoms with Gasteiger partial charge in [0.2, 0.25) is 0 Å². The molecule has 80 valence electrons. The fourth-order valence-electron chi connectivity index (χ4n) is 1.88. The van der Waals surface area contributed by atoms with Crippen molar-refractivity contribution in [3.05, 3.63) is 0 Å².